The van der Waals surface area contributed by atoms with Gasteiger partial charge in [0.25, 0.3) is 5.56 Å². The average molecular weight is 493 g/mol. The third-order valence-electron chi connectivity index (χ3n) is 6.75. The molecular formula is C27H32N4O5. The van der Waals surface area contributed by atoms with Crippen LogP contribution in [0.3, 0.4) is 0 Å². The Labute approximate surface area is 209 Å². The van der Waals surface area contributed by atoms with Crippen LogP contribution in [0.1, 0.15) is 47.3 Å². The zero-order valence-corrected chi connectivity index (χ0v) is 20.9. The zero-order chi connectivity index (χ0) is 25.8. The maximum atomic E-state index is 13.6. The topological polar surface area (TPSA) is 109 Å². The average Bonchev–Trinajstić information content (AvgIpc) is 3.34. The Morgan fingerprint density at radius 2 is 1.81 bits per heavy atom. The summed E-state index contributed by atoms with van der Waals surface area (Å²) in [5.41, 5.74) is 6.78. The SMILES string of the molecule is CCn1c(=O)c(C(=O)CN2CCC[C@H]2c2cc(OC)ccc2OC)c(N)n(Cc2ccccc2)c1=O. The molecule has 2 aromatic carbocycles. The fourth-order valence-electron chi connectivity index (χ4n) is 4.91. The van der Waals surface area contributed by atoms with Crippen molar-refractivity contribution in [3.05, 3.63) is 86.1 Å². The molecule has 0 saturated carbocycles. The zero-order valence-electron chi connectivity index (χ0n) is 20.9. The molecule has 9 heteroatoms. The highest BCUT2D eigenvalue weighted by Gasteiger charge is 2.32. The molecule has 0 unspecified atom stereocenters. The van der Waals surface area contributed by atoms with Crippen molar-refractivity contribution in [2.24, 2.45) is 0 Å². The first kappa shape index (κ1) is 25.2. The van der Waals surface area contributed by atoms with Gasteiger partial charge in [-0.1, -0.05) is 30.3 Å². The van der Waals surface area contributed by atoms with E-state index in [2.05, 4.69) is 0 Å². The number of hydrogen-bond acceptors (Lipinski definition) is 7. The summed E-state index contributed by atoms with van der Waals surface area (Å²) in [4.78, 5) is 41.8. The predicted octanol–water partition coefficient (Wildman–Crippen LogP) is 2.70. The van der Waals surface area contributed by atoms with E-state index in [4.69, 9.17) is 15.2 Å². The van der Waals surface area contributed by atoms with E-state index in [0.717, 1.165) is 28.5 Å². The summed E-state index contributed by atoms with van der Waals surface area (Å²) >= 11 is 0. The van der Waals surface area contributed by atoms with Crippen LogP contribution in [0.25, 0.3) is 0 Å². The Morgan fingerprint density at radius 3 is 2.47 bits per heavy atom. The van der Waals surface area contributed by atoms with Crippen molar-refractivity contribution in [1.29, 1.82) is 0 Å². The van der Waals surface area contributed by atoms with Gasteiger partial charge < -0.3 is 15.2 Å². The summed E-state index contributed by atoms with van der Waals surface area (Å²) in [6, 6.07) is 14.9. The lowest BCUT2D eigenvalue weighted by molar-refractivity contribution is 0.0918. The highest BCUT2D eigenvalue weighted by atomic mass is 16.5. The van der Waals surface area contributed by atoms with Gasteiger partial charge in [-0.2, -0.15) is 0 Å². The number of nitrogens with zero attached hydrogens (tertiary/aromatic N) is 3. The van der Waals surface area contributed by atoms with Gasteiger partial charge in [0.2, 0.25) is 0 Å². The number of rotatable bonds is 9. The van der Waals surface area contributed by atoms with Crippen LogP contribution in [0, 0.1) is 0 Å². The van der Waals surface area contributed by atoms with Crippen molar-refractivity contribution in [2.75, 3.05) is 33.0 Å². The van der Waals surface area contributed by atoms with Crippen molar-refractivity contribution in [1.82, 2.24) is 14.0 Å². The number of nitrogen functional groups attached to an aromatic ring is 1. The molecule has 2 N–H and O–H groups in total. The largest absolute Gasteiger partial charge is 0.497 e. The monoisotopic (exact) mass is 492 g/mol. The maximum absolute atomic E-state index is 13.6. The fourth-order valence-corrected chi connectivity index (χ4v) is 4.91. The molecule has 0 aliphatic carbocycles. The predicted molar refractivity (Wildman–Crippen MR) is 138 cm³/mol. The Hall–Kier alpha value is -3.85. The Kier molecular flexibility index (Phi) is 7.59. The molecule has 4 rings (SSSR count). The number of hydrogen-bond donors (Lipinski definition) is 1. The maximum Gasteiger partial charge on any atom is 0.332 e. The van der Waals surface area contributed by atoms with E-state index in [1.165, 1.54) is 4.57 Å². The number of benzene rings is 2. The number of aromatic nitrogens is 2. The lowest BCUT2D eigenvalue weighted by atomic mass is 10.0. The molecule has 36 heavy (non-hydrogen) atoms. The van der Waals surface area contributed by atoms with Crippen LogP contribution in [0.4, 0.5) is 5.82 Å². The highest BCUT2D eigenvalue weighted by Crippen LogP contribution is 2.38. The molecule has 1 saturated heterocycles. The van der Waals surface area contributed by atoms with Crippen LogP contribution in [0.2, 0.25) is 0 Å². The lowest BCUT2D eigenvalue weighted by Crippen LogP contribution is -2.45. The number of Topliss-reactive ketones (excluding diaryl/α,β-unsaturated/α-hetero) is 1. The van der Waals surface area contributed by atoms with E-state index < -0.39 is 17.0 Å². The van der Waals surface area contributed by atoms with Gasteiger partial charge in [0.05, 0.1) is 27.3 Å². The second-order valence-electron chi connectivity index (χ2n) is 8.82. The van der Waals surface area contributed by atoms with Crippen LogP contribution < -0.4 is 26.5 Å². The minimum absolute atomic E-state index is 0.00226. The van der Waals surface area contributed by atoms with Crippen LogP contribution >= 0.6 is 0 Å². The van der Waals surface area contributed by atoms with Gasteiger partial charge in [0.1, 0.15) is 22.9 Å². The van der Waals surface area contributed by atoms with Crippen molar-refractivity contribution in [3.63, 3.8) is 0 Å². The van der Waals surface area contributed by atoms with Gasteiger partial charge in [-0.3, -0.25) is 23.6 Å². The minimum Gasteiger partial charge on any atom is -0.497 e. The number of likely N-dealkylation sites (tertiary alicyclic amines) is 1. The van der Waals surface area contributed by atoms with E-state index in [1.54, 1.807) is 21.1 Å². The van der Waals surface area contributed by atoms with Crippen molar-refractivity contribution < 1.29 is 14.3 Å². The first-order valence-corrected chi connectivity index (χ1v) is 12.1. The van der Waals surface area contributed by atoms with Gasteiger partial charge in [0.15, 0.2) is 5.78 Å². The third-order valence-corrected chi connectivity index (χ3v) is 6.75. The Bertz CT molecular complexity index is 1360. The van der Waals surface area contributed by atoms with Gasteiger partial charge in [-0.15, -0.1) is 0 Å². The van der Waals surface area contributed by atoms with Crippen LogP contribution in [0.15, 0.2) is 58.1 Å². The number of carbonyl (C=O) groups is 1. The smallest absolute Gasteiger partial charge is 0.332 e. The van der Waals surface area contributed by atoms with Gasteiger partial charge >= 0.3 is 5.69 Å². The molecule has 1 aliphatic heterocycles. The lowest BCUT2D eigenvalue weighted by Gasteiger charge is -2.26. The summed E-state index contributed by atoms with van der Waals surface area (Å²) in [5.74, 6) is 0.907. The van der Waals surface area contributed by atoms with Crippen LogP contribution in [-0.2, 0) is 13.1 Å². The summed E-state index contributed by atoms with van der Waals surface area (Å²) in [6.45, 7) is 2.69. The summed E-state index contributed by atoms with van der Waals surface area (Å²) < 4.78 is 13.3. The molecule has 1 aromatic heterocycles. The summed E-state index contributed by atoms with van der Waals surface area (Å²) in [6.07, 6.45) is 1.72. The summed E-state index contributed by atoms with van der Waals surface area (Å²) in [5, 5.41) is 0. The first-order valence-electron chi connectivity index (χ1n) is 12.1. The van der Waals surface area contributed by atoms with Gasteiger partial charge in [-0.25, -0.2) is 4.79 Å². The van der Waals surface area contributed by atoms with Crippen molar-refractivity contribution >= 4 is 11.6 Å². The van der Waals surface area contributed by atoms with E-state index in [0.29, 0.717) is 18.0 Å². The molecule has 0 spiro atoms. The van der Waals surface area contributed by atoms with E-state index >= 15 is 0 Å². The highest BCUT2D eigenvalue weighted by molar-refractivity contribution is 6.01. The Balaban J connectivity index is 1.70. The second kappa shape index (κ2) is 10.8. The number of nitrogens with two attached hydrogens (primary N) is 1. The third kappa shape index (κ3) is 4.79. The fraction of sp³-hybridized carbons (Fsp3) is 0.370. The molecular weight excluding hydrogens is 460 g/mol. The van der Waals surface area contributed by atoms with E-state index in [9.17, 15) is 14.4 Å². The molecule has 1 atom stereocenters. The molecule has 1 fully saturated rings. The molecule has 3 aromatic rings. The van der Waals surface area contributed by atoms with Crippen molar-refractivity contribution in [3.8, 4) is 11.5 Å². The molecule has 190 valence electrons. The molecule has 0 bridgehead atoms. The van der Waals surface area contributed by atoms with Crippen LogP contribution in [0.5, 0.6) is 11.5 Å². The molecule has 9 nitrogen and oxygen atoms in total. The number of ketones is 1. The number of carbonyl (C=O) groups excluding carboxylic acids is 1. The summed E-state index contributed by atoms with van der Waals surface area (Å²) in [7, 11) is 3.22. The van der Waals surface area contributed by atoms with Gasteiger partial charge in [-0.05, 0) is 50.1 Å². The van der Waals surface area contributed by atoms with Crippen molar-refractivity contribution in [2.45, 2.75) is 38.9 Å². The second-order valence-corrected chi connectivity index (χ2v) is 8.82. The van der Waals surface area contributed by atoms with E-state index in [-0.39, 0.29) is 37.1 Å². The standard InChI is InChI=1S/C27H32N4O5/c1-4-30-26(33)24(25(28)31(27(30)34)16-18-9-6-5-7-10-18)22(32)17-29-14-8-11-21(29)20-15-19(35-2)12-13-23(20)36-3/h5-7,9-10,12-13,15,21H,4,8,11,14,16-17,28H2,1-3H3/t21-/m0/s1. The molecule has 1 aliphatic rings. The number of methoxy groups -OCH3 is 2. The molecule has 0 radical (unpaired) electrons. The number of anilines is 1. The minimum atomic E-state index is -0.649. The Morgan fingerprint density at radius 1 is 1.06 bits per heavy atom. The molecule has 0 amide bonds. The number of ether oxygens (including phenoxy) is 2. The van der Waals surface area contributed by atoms with Gasteiger partial charge in [0, 0.05) is 18.2 Å². The van der Waals surface area contributed by atoms with Crippen LogP contribution in [-0.4, -0.2) is 47.1 Å². The molecule has 2 heterocycles. The van der Waals surface area contributed by atoms with E-state index in [1.807, 2.05) is 53.4 Å². The quantitative estimate of drug-likeness (QED) is 0.458. The first-order chi connectivity index (χ1) is 17.4. The normalized spacial score (nSPS) is 15.7.